The van der Waals surface area contributed by atoms with E-state index in [1.54, 1.807) is 0 Å². The first-order valence-corrected chi connectivity index (χ1v) is 3.68. The van der Waals surface area contributed by atoms with Crippen molar-refractivity contribution in [3.8, 4) is 0 Å². The molecule has 0 unspecified atom stereocenters. The lowest BCUT2D eigenvalue weighted by Crippen LogP contribution is -2.44. The maximum Gasteiger partial charge on any atom is 0.0748 e. The quantitative estimate of drug-likeness (QED) is 0.552. The van der Waals surface area contributed by atoms with Crippen LogP contribution < -0.4 is 5.32 Å². The van der Waals surface area contributed by atoms with E-state index in [0.717, 1.165) is 31.2 Å². The van der Waals surface area contributed by atoms with Crippen molar-refractivity contribution in [2.45, 2.75) is 6.92 Å². The van der Waals surface area contributed by atoms with E-state index in [4.69, 9.17) is 12.2 Å². The third-order valence-electron chi connectivity index (χ3n) is 1.56. The zero-order chi connectivity index (χ0) is 6.69. The minimum atomic E-state index is 0. The Kier molecular flexibility index (Phi) is 4.95. The molecule has 1 saturated heterocycles. The molecule has 1 fully saturated rings. The van der Waals surface area contributed by atoms with Crippen molar-refractivity contribution in [3.05, 3.63) is 0 Å². The molecule has 60 valence electrons. The summed E-state index contributed by atoms with van der Waals surface area (Å²) in [6.07, 6.45) is 0. The van der Waals surface area contributed by atoms with Crippen LogP contribution in [0.15, 0.2) is 0 Å². The van der Waals surface area contributed by atoms with Gasteiger partial charge in [0.25, 0.3) is 0 Å². The number of halogens is 1. The number of nitrogens with one attached hydrogen (secondary N) is 1. The second kappa shape index (κ2) is 4.88. The van der Waals surface area contributed by atoms with Gasteiger partial charge in [0, 0.05) is 26.2 Å². The van der Waals surface area contributed by atoms with Gasteiger partial charge < -0.3 is 10.2 Å². The molecule has 0 spiro atoms. The normalized spacial score (nSPS) is 17.9. The SMILES string of the molecule is CC(=S)N1CCNCC1.Cl. The van der Waals surface area contributed by atoms with E-state index in [-0.39, 0.29) is 12.4 Å². The Morgan fingerprint density at radius 2 is 1.90 bits per heavy atom. The molecule has 0 bridgehead atoms. The highest BCUT2D eigenvalue weighted by molar-refractivity contribution is 7.80. The van der Waals surface area contributed by atoms with Crippen molar-refractivity contribution in [3.63, 3.8) is 0 Å². The van der Waals surface area contributed by atoms with Crippen molar-refractivity contribution in [2.24, 2.45) is 0 Å². The molecule has 2 nitrogen and oxygen atoms in total. The smallest absolute Gasteiger partial charge is 0.0748 e. The molecule has 0 aromatic heterocycles. The van der Waals surface area contributed by atoms with Gasteiger partial charge in [-0.05, 0) is 6.92 Å². The summed E-state index contributed by atoms with van der Waals surface area (Å²) in [4.78, 5) is 3.25. The van der Waals surface area contributed by atoms with Gasteiger partial charge in [-0.3, -0.25) is 0 Å². The molecule has 0 aromatic rings. The number of thiocarbonyl (C=S) groups is 1. The second-order valence-electron chi connectivity index (χ2n) is 2.26. The molecular weight excluding hydrogens is 168 g/mol. The van der Waals surface area contributed by atoms with E-state index in [9.17, 15) is 0 Å². The summed E-state index contributed by atoms with van der Waals surface area (Å²) in [5, 5.41) is 3.27. The first-order chi connectivity index (χ1) is 4.30. The Morgan fingerprint density at radius 1 is 1.40 bits per heavy atom. The van der Waals surface area contributed by atoms with Gasteiger partial charge >= 0.3 is 0 Å². The van der Waals surface area contributed by atoms with Crippen molar-refractivity contribution in [2.75, 3.05) is 26.2 Å². The van der Waals surface area contributed by atoms with E-state index >= 15 is 0 Å². The summed E-state index contributed by atoms with van der Waals surface area (Å²) in [6, 6.07) is 0. The lowest BCUT2D eigenvalue weighted by atomic mass is 10.4. The molecule has 1 aliphatic rings. The maximum absolute atomic E-state index is 5.01. The first-order valence-electron chi connectivity index (χ1n) is 3.27. The molecule has 0 amide bonds. The fourth-order valence-electron chi connectivity index (χ4n) is 0.980. The lowest BCUT2D eigenvalue weighted by molar-refractivity contribution is 0.361. The summed E-state index contributed by atoms with van der Waals surface area (Å²) >= 11 is 5.01. The Bertz CT molecular complexity index is 112. The van der Waals surface area contributed by atoms with E-state index in [2.05, 4.69) is 10.2 Å². The molecule has 1 N–H and O–H groups in total. The minimum Gasteiger partial charge on any atom is -0.364 e. The fraction of sp³-hybridized carbons (Fsp3) is 0.833. The molecule has 1 rings (SSSR count). The second-order valence-corrected chi connectivity index (χ2v) is 2.85. The van der Waals surface area contributed by atoms with Gasteiger partial charge in [-0.15, -0.1) is 12.4 Å². The van der Waals surface area contributed by atoms with Gasteiger partial charge in [0.2, 0.25) is 0 Å². The van der Waals surface area contributed by atoms with Crippen LogP contribution in [0.4, 0.5) is 0 Å². The van der Waals surface area contributed by atoms with Gasteiger partial charge in [-0.25, -0.2) is 0 Å². The predicted octanol–water partition coefficient (Wildman–Crippen LogP) is 0.661. The molecule has 10 heavy (non-hydrogen) atoms. The Morgan fingerprint density at radius 3 is 2.20 bits per heavy atom. The van der Waals surface area contributed by atoms with Crippen molar-refractivity contribution in [1.29, 1.82) is 0 Å². The van der Waals surface area contributed by atoms with Crippen LogP contribution >= 0.6 is 24.6 Å². The van der Waals surface area contributed by atoms with Gasteiger partial charge in [-0.1, -0.05) is 12.2 Å². The molecular formula is C6H13ClN2S. The van der Waals surface area contributed by atoms with Gasteiger partial charge in [0.05, 0.1) is 4.99 Å². The van der Waals surface area contributed by atoms with Gasteiger partial charge in [-0.2, -0.15) is 0 Å². The summed E-state index contributed by atoms with van der Waals surface area (Å²) in [6.45, 7) is 6.30. The summed E-state index contributed by atoms with van der Waals surface area (Å²) < 4.78 is 0. The number of rotatable bonds is 0. The Labute approximate surface area is 73.4 Å². The Hall–Kier alpha value is 0.140. The average molecular weight is 181 g/mol. The van der Waals surface area contributed by atoms with Crippen LogP contribution in [-0.2, 0) is 0 Å². The molecule has 0 atom stereocenters. The van der Waals surface area contributed by atoms with Crippen LogP contribution in [0.25, 0.3) is 0 Å². The zero-order valence-electron chi connectivity index (χ0n) is 6.09. The van der Waals surface area contributed by atoms with Crippen LogP contribution in [0.1, 0.15) is 6.92 Å². The van der Waals surface area contributed by atoms with Crippen LogP contribution in [0, 0.1) is 0 Å². The molecule has 0 aliphatic carbocycles. The van der Waals surface area contributed by atoms with E-state index < -0.39 is 0 Å². The summed E-state index contributed by atoms with van der Waals surface area (Å²) in [5.41, 5.74) is 0. The van der Waals surface area contributed by atoms with E-state index in [0.29, 0.717) is 0 Å². The topological polar surface area (TPSA) is 15.3 Å². The number of nitrogens with zero attached hydrogens (tertiary/aromatic N) is 1. The van der Waals surface area contributed by atoms with Crippen molar-refractivity contribution < 1.29 is 0 Å². The zero-order valence-corrected chi connectivity index (χ0v) is 7.73. The summed E-state index contributed by atoms with van der Waals surface area (Å²) in [7, 11) is 0. The minimum absolute atomic E-state index is 0. The standard InChI is InChI=1S/C6H12N2S.ClH/c1-6(9)8-4-2-7-3-5-8;/h7H,2-5H2,1H3;1H. The number of piperazine rings is 1. The number of hydrogen-bond donors (Lipinski definition) is 1. The number of hydrogen-bond acceptors (Lipinski definition) is 2. The lowest BCUT2D eigenvalue weighted by Gasteiger charge is -2.27. The van der Waals surface area contributed by atoms with Crippen LogP contribution in [-0.4, -0.2) is 36.1 Å². The van der Waals surface area contributed by atoms with Crippen molar-refractivity contribution >= 4 is 29.6 Å². The van der Waals surface area contributed by atoms with E-state index in [1.807, 2.05) is 6.92 Å². The molecule has 0 saturated carbocycles. The highest BCUT2D eigenvalue weighted by Crippen LogP contribution is 1.93. The third kappa shape index (κ3) is 2.82. The van der Waals surface area contributed by atoms with Gasteiger partial charge in [0.15, 0.2) is 0 Å². The third-order valence-corrected chi connectivity index (χ3v) is 1.82. The molecule has 1 heterocycles. The van der Waals surface area contributed by atoms with Crippen LogP contribution in [0.2, 0.25) is 0 Å². The Balaban J connectivity index is 0.000000810. The molecule has 0 aromatic carbocycles. The highest BCUT2D eigenvalue weighted by atomic mass is 35.5. The molecule has 0 radical (unpaired) electrons. The molecule has 4 heteroatoms. The maximum atomic E-state index is 5.01. The van der Waals surface area contributed by atoms with Gasteiger partial charge in [0.1, 0.15) is 0 Å². The molecule has 1 aliphatic heterocycles. The monoisotopic (exact) mass is 180 g/mol. The van der Waals surface area contributed by atoms with E-state index in [1.165, 1.54) is 0 Å². The average Bonchev–Trinajstić information content (AvgIpc) is 1.90. The highest BCUT2D eigenvalue weighted by Gasteiger charge is 2.07. The summed E-state index contributed by atoms with van der Waals surface area (Å²) in [5.74, 6) is 0. The van der Waals surface area contributed by atoms with Crippen LogP contribution in [0.5, 0.6) is 0 Å². The fourth-order valence-corrected chi connectivity index (χ4v) is 1.16. The first kappa shape index (κ1) is 10.1. The van der Waals surface area contributed by atoms with Crippen molar-refractivity contribution in [1.82, 2.24) is 10.2 Å². The van der Waals surface area contributed by atoms with Crippen LogP contribution in [0.3, 0.4) is 0 Å². The predicted molar refractivity (Wildman–Crippen MR) is 50.0 cm³/mol. The largest absolute Gasteiger partial charge is 0.364 e.